The molecule has 2 N–H and O–H groups in total. The van der Waals surface area contributed by atoms with Crippen molar-refractivity contribution in [2.45, 2.75) is 31.9 Å². The maximum Gasteiger partial charge on any atom is 0.416 e. The van der Waals surface area contributed by atoms with Crippen LogP contribution in [0.1, 0.15) is 30.4 Å². The van der Waals surface area contributed by atoms with Crippen LogP contribution in [0.25, 0.3) is 11.0 Å². The van der Waals surface area contributed by atoms with Crippen molar-refractivity contribution in [3.63, 3.8) is 0 Å². The number of rotatable bonds is 9. The summed E-state index contributed by atoms with van der Waals surface area (Å²) in [7, 11) is 0. The van der Waals surface area contributed by atoms with Crippen LogP contribution >= 0.6 is 0 Å². The van der Waals surface area contributed by atoms with Crippen molar-refractivity contribution in [3.05, 3.63) is 71.7 Å². The molecule has 5 rings (SSSR count). The number of anilines is 1. The molecule has 1 unspecified atom stereocenters. The quantitative estimate of drug-likeness (QED) is 0.409. The topological polar surface area (TPSA) is 66.1 Å². The molecule has 0 bridgehead atoms. The van der Waals surface area contributed by atoms with Crippen molar-refractivity contribution in [2.75, 3.05) is 38.1 Å². The van der Waals surface area contributed by atoms with E-state index in [4.69, 9.17) is 4.74 Å². The van der Waals surface area contributed by atoms with Crippen LogP contribution in [0, 0.1) is 5.92 Å². The molecule has 0 spiro atoms. The second-order valence-electron chi connectivity index (χ2n) is 9.40. The molecule has 6 nitrogen and oxygen atoms in total. The number of allylic oxidation sites excluding steroid dienone is 3. The summed E-state index contributed by atoms with van der Waals surface area (Å²) in [6.45, 7) is 4.43. The molecule has 0 amide bonds. The molecule has 3 aromatic heterocycles. The highest BCUT2D eigenvalue weighted by atomic mass is 19.4. The van der Waals surface area contributed by atoms with E-state index in [-0.39, 0.29) is 5.92 Å². The lowest BCUT2D eigenvalue weighted by Gasteiger charge is -2.18. The Morgan fingerprint density at radius 1 is 1.14 bits per heavy atom. The number of pyridine rings is 2. The summed E-state index contributed by atoms with van der Waals surface area (Å²) in [5.74, 6) is 1.48. The summed E-state index contributed by atoms with van der Waals surface area (Å²) in [4.78, 5) is 14.6. The van der Waals surface area contributed by atoms with E-state index in [0.29, 0.717) is 31.8 Å². The third-order valence-corrected chi connectivity index (χ3v) is 6.75. The predicted molar refractivity (Wildman–Crippen MR) is 134 cm³/mol. The second kappa shape index (κ2) is 10.7. The number of aromatic nitrogens is 3. The first-order valence-corrected chi connectivity index (χ1v) is 12.4. The minimum absolute atomic E-state index is 0.00284. The van der Waals surface area contributed by atoms with Gasteiger partial charge in [-0.05, 0) is 61.5 Å². The van der Waals surface area contributed by atoms with Crippen molar-refractivity contribution in [3.8, 4) is 5.75 Å². The molecular formula is C27H30F3N5O. The number of fused-ring (bicyclic) bond motifs is 1. The van der Waals surface area contributed by atoms with Crippen molar-refractivity contribution in [2.24, 2.45) is 5.92 Å². The largest absolute Gasteiger partial charge is 0.491 e. The number of alkyl halides is 3. The van der Waals surface area contributed by atoms with Gasteiger partial charge >= 0.3 is 6.18 Å². The van der Waals surface area contributed by atoms with Gasteiger partial charge in [-0.2, -0.15) is 13.2 Å². The van der Waals surface area contributed by atoms with E-state index in [0.717, 1.165) is 53.6 Å². The van der Waals surface area contributed by atoms with Gasteiger partial charge in [-0.25, -0.2) is 9.97 Å². The lowest BCUT2D eigenvalue weighted by molar-refractivity contribution is -0.0887. The molecule has 4 heterocycles. The summed E-state index contributed by atoms with van der Waals surface area (Å²) in [6.07, 6.45) is 8.89. The maximum atomic E-state index is 12.7. The van der Waals surface area contributed by atoms with Gasteiger partial charge in [0.2, 0.25) is 0 Å². The Balaban J connectivity index is 1.14. The Morgan fingerprint density at radius 2 is 2.00 bits per heavy atom. The summed E-state index contributed by atoms with van der Waals surface area (Å²) in [5, 5.41) is 4.26. The molecule has 0 saturated carbocycles. The first-order valence-electron chi connectivity index (χ1n) is 12.4. The lowest BCUT2D eigenvalue weighted by Crippen LogP contribution is -2.25. The first kappa shape index (κ1) is 24.4. The highest BCUT2D eigenvalue weighted by Crippen LogP contribution is 2.31. The van der Waals surface area contributed by atoms with E-state index >= 15 is 0 Å². The number of aromatic amines is 1. The van der Waals surface area contributed by atoms with Gasteiger partial charge in [0, 0.05) is 37.3 Å². The number of nitrogens with one attached hydrogen (secondary N) is 2. The summed E-state index contributed by atoms with van der Waals surface area (Å²) < 4.78 is 44.2. The van der Waals surface area contributed by atoms with Crippen LogP contribution in [0.4, 0.5) is 19.0 Å². The highest BCUT2D eigenvalue weighted by molar-refractivity contribution is 5.81. The smallest absolute Gasteiger partial charge is 0.416 e. The van der Waals surface area contributed by atoms with Gasteiger partial charge in [0.1, 0.15) is 23.8 Å². The molecule has 1 atom stereocenters. The molecule has 1 saturated heterocycles. The van der Waals surface area contributed by atoms with Crippen molar-refractivity contribution >= 4 is 16.9 Å². The summed E-state index contributed by atoms with van der Waals surface area (Å²) in [6, 6.07) is 5.95. The number of hydrogen-bond donors (Lipinski definition) is 2. The van der Waals surface area contributed by atoms with Crippen molar-refractivity contribution in [1.82, 2.24) is 19.9 Å². The zero-order valence-corrected chi connectivity index (χ0v) is 20.0. The van der Waals surface area contributed by atoms with Crippen LogP contribution in [0.2, 0.25) is 0 Å². The van der Waals surface area contributed by atoms with E-state index < -0.39 is 11.7 Å². The molecule has 3 aromatic rings. The Kier molecular flexibility index (Phi) is 7.27. The minimum atomic E-state index is -4.28. The second-order valence-corrected chi connectivity index (χ2v) is 9.40. The van der Waals surface area contributed by atoms with Gasteiger partial charge in [-0.1, -0.05) is 24.3 Å². The standard InChI is InChI=1S/C27H30F3N5O/c28-27(29,30)22-6-3-19(4-7-22)15-31-25-8-5-20(16-32-25)13-21-17-33-26-24(21)14-23(18-34-26)36-12-11-35-9-1-2-10-35/h3,5-8,14,16-19H,1-2,4,9-13,15H2,(H,31,32)(H,33,34). The molecule has 190 valence electrons. The van der Waals surface area contributed by atoms with Crippen LogP contribution in [0.5, 0.6) is 5.75 Å². The molecule has 1 fully saturated rings. The molecule has 36 heavy (non-hydrogen) atoms. The number of H-pyrrole nitrogens is 1. The zero-order chi connectivity index (χ0) is 25.0. The van der Waals surface area contributed by atoms with Gasteiger partial charge in [-0.15, -0.1) is 0 Å². The van der Waals surface area contributed by atoms with Crippen molar-refractivity contribution in [1.29, 1.82) is 0 Å². The fourth-order valence-electron chi connectivity index (χ4n) is 4.68. The van der Waals surface area contributed by atoms with Crippen LogP contribution < -0.4 is 10.1 Å². The van der Waals surface area contributed by atoms with Crippen LogP contribution in [0.15, 0.2) is 60.6 Å². The van der Waals surface area contributed by atoms with E-state index in [9.17, 15) is 13.2 Å². The fourth-order valence-corrected chi connectivity index (χ4v) is 4.68. The summed E-state index contributed by atoms with van der Waals surface area (Å²) >= 11 is 0. The number of nitrogens with zero attached hydrogens (tertiary/aromatic N) is 3. The zero-order valence-electron chi connectivity index (χ0n) is 20.0. The monoisotopic (exact) mass is 497 g/mol. The third kappa shape index (κ3) is 6.07. The number of hydrogen-bond acceptors (Lipinski definition) is 5. The molecule has 9 heteroatoms. The van der Waals surface area contributed by atoms with Crippen molar-refractivity contribution < 1.29 is 17.9 Å². The van der Waals surface area contributed by atoms with Gasteiger partial charge in [0.25, 0.3) is 0 Å². The first-order chi connectivity index (χ1) is 17.4. The van der Waals surface area contributed by atoms with Crippen LogP contribution in [-0.4, -0.2) is 58.8 Å². The van der Waals surface area contributed by atoms with E-state index in [1.165, 1.54) is 18.9 Å². The van der Waals surface area contributed by atoms with E-state index in [2.05, 4.69) is 25.2 Å². The minimum Gasteiger partial charge on any atom is -0.491 e. The molecule has 1 aliphatic heterocycles. The number of halogens is 3. The Labute approximate surface area is 208 Å². The average Bonchev–Trinajstić information content (AvgIpc) is 3.54. The predicted octanol–water partition coefficient (Wildman–Crippen LogP) is 5.50. The van der Waals surface area contributed by atoms with Gasteiger partial charge in [0.15, 0.2) is 0 Å². The lowest BCUT2D eigenvalue weighted by atomic mass is 9.96. The molecule has 0 radical (unpaired) electrons. The normalized spacial score (nSPS) is 18.5. The fraction of sp³-hybridized carbons (Fsp3) is 0.407. The Bertz CT molecular complexity index is 1230. The van der Waals surface area contributed by atoms with Crippen LogP contribution in [-0.2, 0) is 6.42 Å². The number of ether oxygens (including phenoxy) is 1. The Hall–Kier alpha value is -3.33. The van der Waals surface area contributed by atoms with E-state index in [1.54, 1.807) is 12.3 Å². The van der Waals surface area contributed by atoms with Gasteiger partial charge in [0.05, 0.1) is 11.8 Å². The average molecular weight is 498 g/mol. The van der Waals surface area contributed by atoms with Gasteiger partial charge < -0.3 is 15.0 Å². The highest BCUT2D eigenvalue weighted by Gasteiger charge is 2.32. The SMILES string of the molecule is FC(F)(F)C1=CCC(CNc2ccc(Cc3c[nH]c4ncc(OCCN5CCCC5)cc34)cn2)C=C1. The molecule has 2 aliphatic rings. The Morgan fingerprint density at radius 3 is 2.72 bits per heavy atom. The summed E-state index contributed by atoms with van der Waals surface area (Å²) in [5.41, 5.74) is 2.42. The third-order valence-electron chi connectivity index (χ3n) is 6.75. The van der Waals surface area contributed by atoms with Gasteiger partial charge in [-0.3, -0.25) is 4.90 Å². The molecular weight excluding hydrogens is 467 g/mol. The molecule has 1 aliphatic carbocycles. The van der Waals surface area contributed by atoms with E-state index in [1.807, 2.05) is 30.6 Å². The molecule has 0 aromatic carbocycles. The maximum absolute atomic E-state index is 12.7. The van der Waals surface area contributed by atoms with Crippen LogP contribution in [0.3, 0.4) is 0 Å². The number of likely N-dealkylation sites (tertiary alicyclic amines) is 1.